The molecule has 2 aromatic rings. The van der Waals surface area contributed by atoms with Crippen LogP contribution in [0.4, 0.5) is 5.82 Å². The summed E-state index contributed by atoms with van der Waals surface area (Å²) < 4.78 is 4.76. The zero-order valence-corrected chi connectivity index (χ0v) is 12.0. The van der Waals surface area contributed by atoms with Crippen molar-refractivity contribution in [3.8, 4) is 0 Å². The highest BCUT2D eigenvalue weighted by molar-refractivity contribution is 5.91. The van der Waals surface area contributed by atoms with E-state index in [1.54, 1.807) is 12.1 Å². The SMILES string of the molecule is COC(=O)[C@@H](NCC(=O)Nc1cnccn1)c1ccccc1. The average Bonchev–Trinajstić information content (AvgIpc) is 2.56. The highest BCUT2D eigenvalue weighted by Gasteiger charge is 2.21. The van der Waals surface area contributed by atoms with Gasteiger partial charge >= 0.3 is 5.97 Å². The number of anilines is 1. The predicted molar refractivity (Wildman–Crippen MR) is 79.9 cm³/mol. The van der Waals surface area contributed by atoms with Crippen LogP contribution < -0.4 is 10.6 Å². The molecule has 0 unspecified atom stereocenters. The Bertz CT molecular complexity index is 619. The Morgan fingerprint density at radius 3 is 2.64 bits per heavy atom. The van der Waals surface area contributed by atoms with Crippen molar-refractivity contribution in [3.05, 3.63) is 54.5 Å². The molecule has 7 heteroatoms. The van der Waals surface area contributed by atoms with Crippen molar-refractivity contribution in [2.24, 2.45) is 0 Å². The fraction of sp³-hybridized carbons (Fsp3) is 0.200. The number of ether oxygens (including phenoxy) is 1. The second kappa shape index (κ2) is 7.84. The van der Waals surface area contributed by atoms with Crippen LogP contribution in [0.3, 0.4) is 0 Å². The summed E-state index contributed by atoms with van der Waals surface area (Å²) >= 11 is 0. The Morgan fingerprint density at radius 2 is 2.00 bits per heavy atom. The van der Waals surface area contributed by atoms with Gasteiger partial charge in [0.15, 0.2) is 5.82 Å². The third kappa shape index (κ3) is 4.35. The zero-order valence-electron chi connectivity index (χ0n) is 12.0. The summed E-state index contributed by atoms with van der Waals surface area (Å²) in [6.45, 7) is -0.0643. The molecule has 22 heavy (non-hydrogen) atoms. The molecule has 0 aliphatic heterocycles. The predicted octanol–water partition coefficient (Wildman–Crippen LogP) is 0.919. The van der Waals surface area contributed by atoms with E-state index >= 15 is 0 Å². The molecule has 2 rings (SSSR count). The van der Waals surface area contributed by atoms with Crippen molar-refractivity contribution in [2.75, 3.05) is 19.0 Å². The molecule has 7 nitrogen and oxygen atoms in total. The third-order valence-electron chi connectivity index (χ3n) is 2.87. The van der Waals surface area contributed by atoms with Crippen LogP contribution in [0.1, 0.15) is 11.6 Å². The molecule has 1 amide bonds. The lowest BCUT2D eigenvalue weighted by atomic mass is 10.1. The molecular formula is C15H16N4O3. The lowest BCUT2D eigenvalue weighted by Gasteiger charge is -2.16. The van der Waals surface area contributed by atoms with Crippen LogP contribution in [0.2, 0.25) is 0 Å². The number of rotatable bonds is 6. The molecule has 1 aromatic carbocycles. The van der Waals surface area contributed by atoms with Crippen LogP contribution in [0.15, 0.2) is 48.9 Å². The highest BCUT2D eigenvalue weighted by atomic mass is 16.5. The molecule has 0 fully saturated rings. The van der Waals surface area contributed by atoms with Gasteiger partial charge in [0.1, 0.15) is 6.04 Å². The maximum atomic E-state index is 11.9. The monoisotopic (exact) mass is 300 g/mol. The molecule has 0 bridgehead atoms. The first kappa shape index (κ1) is 15.6. The van der Waals surface area contributed by atoms with E-state index < -0.39 is 12.0 Å². The maximum Gasteiger partial charge on any atom is 0.327 e. The standard InChI is InChI=1S/C15H16N4O3/c1-22-15(21)14(11-5-3-2-4-6-11)18-10-13(20)19-12-9-16-7-8-17-12/h2-9,14,18H,10H2,1H3,(H,17,19,20)/t14-/m0/s1. The number of benzene rings is 1. The molecule has 0 radical (unpaired) electrons. The normalized spacial score (nSPS) is 11.5. The largest absolute Gasteiger partial charge is 0.468 e. The molecular weight excluding hydrogens is 284 g/mol. The van der Waals surface area contributed by atoms with Gasteiger partial charge in [-0.2, -0.15) is 0 Å². The molecule has 0 aliphatic carbocycles. The number of methoxy groups -OCH3 is 1. The van der Waals surface area contributed by atoms with E-state index in [0.717, 1.165) is 5.56 Å². The van der Waals surface area contributed by atoms with Gasteiger partial charge in [0.25, 0.3) is 0 Å². The lowest BCUT2D eigenvalue weighted by molar-refractivity contribution is -0.143. The first-order valence-corrected chi connectivity index (χ1v) is 6.62. The smallest absolute Gasteiger partial charge is 0.327 e. The Labute approximate surface area is 127 Å². The Morgan fingerprint density at radius 1 is 1.23 bits per heavy atom. The van der Waals surface area contributed by atoms with E-state index in [-0.39, 0.29) is 12.5 Å². The highest BCUT2D eigenvalue weighted by Crippen LogP contribution is 2.13. The van der Waals surface area contributed by atoms with Crippen LogP contribution in [0, 0.1) is 0 Å². The minimum absolute atomic E-state index is 0.0643. The summed E-state index contributed by atoms with van der Waals surface area (Å²) in [7, 11) is 1.31. The first-order valence-electron chi connectivity index (χ1n) is 6.62. The summed E-state index contributed by atoms with van der Waals surface area (Å²) in [6, 6.07) is 8.33. The molecule has 1 atom stereocenters. The zero-order chi connectivity index (χ0) is 15.8. The molecule has 0 saturated carbocycles. The number of hydrogen-bond donors (Lipinski definition) is 2. The topological polar surface area (TPSA) is 93.2 Å². The van der Waals surface area contributed by atoms with E-state index in [1.807, 2.05) is 18.2 Å². The Hall–Kier alpha value is -2.80. The quantitative estimate of drug-likeness (QED) is 0.771. The number of carbonyl (C=O) groups is 2. The molecule has 114 valence electrons. The van der Waals surface area contributed by atoms with Crippen LogP contribution in [-0.4, -0.2) is 35.5 Å². The van der Waals surface area contributed by atoms with E-state index in [0.29, 0.717) is 5.82 Å². The van der Waals surface area contributed by atoms with Crippen molar-refractivity contribution in [1.29, 1.82) is 0 Å². The molecule has 1 heterocycles. The number of aromatic nitrogens is 2. The molecule has 0 spiro atoms. The van der Waals surface area contributed by atoms with Crippen molar-refractivity contribution in [3.63, 3.8) is 0 Å². The van der Waals surface area contributed by atoms with Gasteiger partial charge in [0, 0.05) is 12.4 Å². The number of carbonyl (C=O) groups excluding carboxylic acids is 2. The second-order valence-corrected chi connectivity index (χ2v) is 4.39. The summed E-state index contributed by atoms with van der Waals surface area (Å²) in [5.74, 6) is -0.438. The number of hydrogen-bond acceptors (Lipinski definition) is 6. The van der Waals surface area contributed by atoms with Gasteiger partial charge in [-0.3, -0.25) is 15.1 Å². The van der Waals surface area contributed by atoms with Crippen molar-refractivity contribution < 1.29 is 14.3 Å². The van der Waals surface area contributed by atoms with E-state index in [1.165, 1.54) is 25.7 Å². The van der Waals surface area contributed by atoms with Gasteiger partial charge in [-0.05, 0) is 5.56 Å². The van der Waals surface area contributed by atoms with E-state index in [4.69, 9.17) is 4.74 Å². The maximum absolute atomic E-state index is 11.9. The first-order chi connectivity index (χ1) is 10.7. The molecule has 1 aromatic heterocycles. The Balaban J connectivity index is 1.97. The van der Waals surface area contributed by atoms with Gasteiger partial charge < -0.3 is 10.1 Å². The fourth-order valence-corrected chi connectivity index (χ4v) is 1.85. The van der Waals surface area contributed by atoms with Crippen molar-refractivity contribution in [1.82, 2.24) is 15.3 Å². The molecule has 0 saturated heterocycles. The van der Waals surface area contributed by atoms with Gasteiger partial charge in [-0.15, -0.1) is 0 Å². The van der Waals surface area contributed by atoms with Gasteiger partial charge in [0.2, 0.25) is 5.91 Å². The average molecular weight is 300 g/mol. The van der Waals surface area contributed by atoms with Gasteiger partial charge in [-0.1, -0.05) is 30.3 Å². The minimum atomic E-state index is -0.709. The number of nitrogens with one attached hydrogen (secondary N) is 2. The van der Waals surface area contributed by atoms with Gasteiger partial charge in [-0.25, -0.2) is 9.78 Å². The molecule has 0 aliphatic rings. The van der Waals surface area contributed by atoms with Crippen LogP contribution in [-0.2, 0) is 14.3 Å². The van der Waals surface area contributed by atoms with E-state index in [2.05, 4.69) is 20.6 Å². The van der Waals surface area contributed by atoms with E-state index in [9.17, 15) is 9.59 Å². The van der Waals surface area contributed by atoms with Crippen LogP contribution >= 0.6 is 0 Å². The second-order valence-electron chi connectivity index (χ2n) is 4.39. The minimum Gasteiger partial charge on any atom is -0.468 e. The lowest BCUT2D eigenvalue weighted by Crippen LogP contribution is -2.35. The summed E-state index contributed by atoms with van der Waals surface area (Å²) in [5.41, 5.74) is 0.724. The summed E-state index contributed by atoms with van der Waals surface area (Å²) in [6.07, 6.45) is 4.42. The van der Waals surface area contributed by atoms with Crippen LogP contribution in [0.5, 0.6) is 0 Å². The van der Waals surface area contributed by atoms with Crippen molar-refractivity contribution in [2.45, 2.75) is 6.04 Å². The summed E-state index contributed by atoms with van der Waals surface area (Å²) in [4.78, 5) is 31.5. The number of nitrogens with zero attached hydrogens (tertiary/aromatic N) is 2. The van der Waals surface area contributed by atoms with Crippen LogP contribution in [0.25, 0.3) is 0 Å². The third-order valence-corrected chi connectivity index (χ3v) is 2.87. The molecule has 2 N–H and O–H groups in total. The fourth-order valence-electron chi connectivity index (χ4n) is 1.85. The number of esters is 1. The van der Waals surface area contributed by atoms with Gasteiger partial charge in [0.05, 0.1) is 19.9 Å². The number of amides is 1. The Kier molecular flexibility index (Phi) is 5.56. The summed E-state index contributed by atoms with van der Waals surface area (Å²) in [5, 5.41) is 5.45. The van der Waals surface area contributed by atoms with Crippen molar-refractivity contribution >= 4 is 17.7 Å².